The largest absolute Gasteiger partial charge is 0.312 e. The van der Waals surface area contributed by atoms with Gasteiger partial charge in [0.2, 0.25) is 0 Å². The first-order valence-corrected chi connectivity index (χ1v) is 7.10. The van der Waals surface area contributed by atoms with Crippen LogP contribution in [0.25, 0.3) is 0 Å². The van der Waals surface area contributed by atoms with Gasteiger partial charge in [-0.2, -0.15) is 0 Å². The molecule has 21 heavy (non-hydrogen) atoms. The summed E-state index contributed by atoms with van der Waals surface area (Å²) in [4.78, 5) is 21.6. The van der Waals surface area contributed by atoms with E-state index in [-0.39, 0.29) is 11.4 Å². The summed E-state index contributed by atoms with van der Waals surface area (Å²) < 4.78 is 0. The summed E-state index contributed by atoms with van der Waals surface area (Å²) in [7, 11) is 0. The molecule has 0 amide bonds. The lowest BCUT2D eigenvalue weighted by Crippen LogP contribution is -2.17. The van der Waals surface area contributed by atoms with Gasteiger partial charge in [-0.25, -0.2) is 0 Å². The molecule has 110 valence electrons. The van der Waals surface area contributed by atoms with Crippen LogP contribution in [0.3, 0.4) is 0 Å². The van der Waals surface area contributed by atoms with Crippen molar-refractivity contribution in [3.63, 3.8) is 0 Å². The molecule has 2 rings (SSSR count). The molecule has 0 saturated heterocycles. The second kappa shape index (κ2) is 6.91. The molecule has 1 heterocycles. The molecular formula is C13H13N3O4S. The maximum absolute atomic E-state index is 11.0. The van der Waals surface area contributed by atoms with E-state index in [0.29, 0.717) is 18.7 Å². The zero-order valence-electron chi connectivity index (χ0n) is 11.0. The van der Waals surface area contributed by atoms with Crippen LogP contribution >= 0.6 is 11.3 Å². The van der Waals surface area contributed by atoms with Gasteiger partial charge in [0, 0.05) is 29.6 Å². The Balaban J connectivity index is 1.98. The predicted molar refractivity (Wildman–Crippen MR) is 79.5 cm³/mol. The zero-order valence-corrected chi connectivity index (χ0v) is 11.8. The Labute approximate surface area is 124 Å². The van der Waals surface area contributed by atoms with Crippen LogP contribution in [0.15, 0.2) is 35.7 Å². The number of nitrogens with one attached hydrogen (secondary N) is 1. The molecule has 0 aliphatic carbocycles. The van der Waals surface area contributed by atoms with Gasteiger partial charge in [0.15, 0.2) is 0 Å². The lowest BCUT2D eigenvalue weighted by molar-refractivity contribution is -0.394. The number of nitrogens with zero attached hydrogens (tertiary/aromatic N) is 2. The van der Waals surface area contributed by atoms with E-state index in [1.54, 1.807) is 11.3 Å². The van der Waals surface area contributed by atoms with E-state index in [2.05, 4.69) is 5.32 Å². The first-order chi connectivity index (χ1) is 10.1. The second-order valence-electron chi connectivity index (χ2n) is 4.33. The summed E-state index contributed by atoms with van der Waals surface area (Å²) in [5.41, 5.74) is -0.0614. The average Bonchev–Trinajstić information content (AvgIpc) is 2.96. The third-order valence-corrected chi connectivity index (χ3v) is 3.86. The fraction of sp³-hybridized carbons (Fsp3) is 0.231. The molecule has 7 nitrogen and oxygen atoms in total. The first kappa shape index (κ1) is 15.1. The molecule has 1 aromatic carbocycles. The van der Waals surface area contributed by atoms with Crippen molar-refractivity contribution in [1.82, 2.24) is 5.32 Å². The Kier molecular flexibility index (Phi) is 4.96. The Morgan fingerprint density at radius 3 is 2.57 bits per heavy atom. The topological polar surface area (TPSA) is 98.3 Å². The van der Waals surface area contributed by atoms with Gasteiger partial charge in [-0.05, 0) is 23.9 Å². The molecular weight excluding hydrogens is 294 g/mol. The number of hydrogen-bond acceptors (Lipinski definition) is 6. The average molecular weight is 307 g/mol. The number of benzene rings is 1. The van der Waals surface area contributed by atoms with Crippen molar-refractivity contribution in [3.05, 3.63) is 66.4 Å². The standard InChI is InChI=1S/C13H13N3O4S/c17-15(18)11-4-3-10(13(8-11)16(19)20)9-14-6-5-12-2-1-7-21-12/h1-4,7-8,14H,5-6,9H2. The van der Waals surface area contributed by atoms with Gasteiger partial charge < -0.3 is 5.32 Å². The van der Waals surface area contributed by atoms with Crippen LogP contribution in [-0.2, 0) is 13.0 Å². The SMILES string of the molecule is O=[N+]([O-])c1ccc(CNCCc2cccs2)c([N+](=O)[O-])c1. The molecule has 0 radical (unpaired) electrons. The van der Waals surface area contributed by atoms with E-state index >= 15 is 0 Å². The highest BCUT2D eigenvalue weighted by Gasteiger charge is 2.18. The van der Waals surface area contributed by atoms with Gasteiger partial charge in [-0.1, -0.05) is 6.07 Å². The lowest BCUT2D eigenvalue weighted by Gasteiger charge is -2.05. The number of nitro groups is 2. The van der Waals surface area contributed by atoms with Crippen LogP contribution in [0.2, 0.25) is 0 Å². The van der Waals surface area contributed by atoms with Crippen LogP contribution in [0.4, 0.5) is 11.4 Å². The van der Waals surface area contributed by atoms with Crippen molar-refractivity contribution in [1.29, 1.82) is 0 Å². The number of rotatable bonds is 7. The highest BCUT2D eigenvalue weighted by atomic mass is 32.1. The van der Waals surface area contributed by atoms with Gasteiger partial charge in [-0.3, -0.25) is 20.2 Å². The number of hydrogen-bond donors (Lipinski definition) is 1. The van der Waals surface area contributed by atoms with Crippen molar-refractivity contribution in [2.45, 2.75) is 13.0 Å². The van der Waals surface area contributed by atoms with E-state index in [1.807, 2.05) is 17.5 Å². The van der Waals surface area contributed by atoms with Crippen LogP contribution in [-0.4, -0.2) is 16.4 Å². The summed E-state index contributed by atoms with van der Waals surface area (Å²) in [6.07, 6.45) is 0.846. The van der Waals surface area contributed by atoms with Gasteiger partial charge in [0.1, 0.15) is 0 Å². The Morgan fingerprint density at radius 1 is 1.14 bits per heavy atom. The summed E-state index contributed by atoms with van der Waals surface area (Å²) in [5.74, 6) is 0. The fourth-order valence-electron chi connectivity index (χ4n) is 1.87. The molecule has 0 aliphatic rings. The van der Waals surface area contributed by atoms with Crippen molar-refractivity contribution in [2.24, 2.45) is 0 Å². The van der Waals surface area contributed by atoms with Crippen molar-refractivity contribution < 1.29 is 9.85 Å². The molecule has 1 N–H and O–H groups in total. The minimum Gasteiger partial charge on any atom is -0.312 e. The maximum Gasteiger partial charge on any atom is 0.280 e. The summed E-state index contributed by atoms with van der Waals surface area (Å²) in [6, 6.07) is 7.70. The molecule has 0 aliphatic heterocycles. The van der Waals surface area contributed by atoms with E-state index in [9.17, 15) is 20.2 Å². The summed E-state index contributed by atoms with van der Waals surface area (Å²) >= 11 is 1.66. The molecule has 2 aromatic rings. The molecule has 0 saturated carbocycles. The van der Waals surface area contributed by atoms with Gasteiger partial charge in [0.05, 0.1) is 15.9 Å². The number of non-ortho nitro benzene ring substituents is 1. The molecule has 0 atom stereocenters. The van der Waals surface area contributed by atoms with Crippen LogP contribution in [0.1, 0.15) is 10.4 Å². The zero-order chi connectivity index (χ0) is 15.2. The first-order valence-electron chi connectivity index (χ1n) is 6.22. The molecule has 1 aromatic heterocycles. The van der Waals surface area contributed by atoms with Crippen LogP contribution < -0.4 is 5.32 Å². The van der Waals surface area contributed by atoms with Crippen LogP contribution in [0.5, 0.6) is 0 Å². The lowest BCUT2D eigenvalue weighted by atomic mass is 10.1. The minimum absolute atomic E-state index is 0.229. The normalized spacial score (nSPS) is 10.5. The van der Waals surface area contributed by atoms with Crippen LogP contribution in [0, 0.1) is 20.2 Å². The summed E-state index contributed by atoms with van der Waals surface area (Å²) in [5, 5.41) is 26.7. The van der Waals surface area contributed by atoms with Gasteiger partial charge in [-0.15, -0.1) is 11.3 Å². The number of nitro benzene ring substituents is 2. The smallest absolute Gasteiger partial charge is 0.280 e. The Morgan fingerprint density at radius 2 is 1.95 bits per heavy atom. The quantitative estimate of drug-likeness (QED) is 0.482. The van der Waals surface area contributed by atoms with Crippen molar-refractivity contribution >= 4 is 22.7 Å². The van der Waals surface area contributed by atoms with Crippen molar-refractivity contribution in [2.75, 3.05) is 6.54 Å². The van der Waals surface area contributed by atoms with E-state index in [4.69, 9.17) is 0 Å². The minimum atomic E-state index is -0.638. The molecule has 8 heteroatoms. The van der Waals surface area contributed by atoms with E-state index in [1.165, 1.54) is 17.0 Å². The molecule has 0 spiro atoms. The third kappa shape index (κ3) is 4.07. The van der Waals surface area contributed by atoms with E-state index < -0.39 is 9.85 Å². The van der Waals surface area contributed by atoms with Crippen molar-refractivity contribution in [3.8, 4) is 0 Å². The summed E-state index contributed by atoms with van der Waals surface area (Å²) in [6.45, 7) is 0.994. The maximum atomic E-state index is 11.0. The predicted octanol–water partition coefficient (Wildman–Crippen LogP) is 2.90. The highest BCUT2D eigenvalue weighted by Crippen LogP contribution is 2.24. The monoisotopic (exact) mass is 307 g/mol. The highest BCUT2D eigenvalue weighted by molar-refractivity contribution is 7.09. The van der Waals surface area contributed by atoms with E-state index in [0.717, 1.165) is 12.5 Å². The molecule has 0 fully saturated rings. The Bertz CT molecular complexity index is 643. The number of thiophene rings is 1. The molecule has 0 unspecified atom stereocenters. The van der Waals surface area contributed by atoms with Gasteiger partial charge >= 0.3 is 0 Å². The fourth-order valence-corrected chi connectivity index (χ4v) is 2.58. The van der Waals surface area contributed by atoms with Gasteiger partial charge in [0.25, 0.3) is 11.4 Å². The Hall–Kier alpha value is -2.32. The second-order valence-corrected chi connectivity index (χ2v) is 5.37. The molecule has 0 bridgehead atoms. The third-order valence-electron chi connectivity index (χ3n) is 2.92.